The Kier molecular flexibility index (Phi) is 4.64. The van der Waals surface area contributed by atoms with E-state index in [2.05, 4.69) is 10.3 Å². The number of aryl methyl sites for hydroxylation is 1. The maximum Gasteiger partial charge on any atom is 0.407 e. The highest BCUT2D eigenvalue weighted by Crippen LogP contribution is 2.09. The van der Waals surface area contributed by atoms with Crippen LogP contribution >= 0.6 is 0 Å². The molecule has 104 valence electrons. The van der Waals surface area contributed by atoms with Crippen molar-refractivity contribution in [2.24, 2.45) is 0 Å². The average molecular weight is 264 g/mol. The van der Waals surface area contributed by atoms with E-state index in [-0.39, 0.29) is 12.3 Å². The summed E-state index contributed by atoms with van der Waals surface area (Å²) in [5.74, 6) is -0.0170. The van der Waals surface area contributed by atoms with Crippen LogP contribution < -0.4 is 5.32 Å². The number of rotatable bonds is 3. The van der Waals surface area contributed by atoms with Gasteiger partial charge in [-0.25, -0.2) is 4.79 Å². The maximum atomic E-state index is 11.5. The highest BCUT2D eigenvalue weighted by Gasteiger charge is 2.16. The van der Waals surface area contributed by atoms with E-state index in [9.17, 15) is 9.59 Å². The van der Waals surface area contributed by atoms with E-state index in [0.29, 0.717) is 17.0 Å². The molecular weight excluding hydrogens is 244 g/mol. The van der Waals surface area contributed by atoms with Gasteiger partial charge in [-0.05, 0) is 46.8 Å². The molecule has 1 heterocycles. The molecule has 0 spiro atoms. The minimum Gasteiger partial charge on any atom is -0.444 e. The van der Waals surface area contributed by atoms with Gasteiger partial charge in [0.2, 0.25) is 0 Å². The van der Waals surface area contributed by atoms with Crippen LogP contribution in [0.1, 0.15) is 49.4 Å². The fourth-order valence-electron chi connectivity index (χ4n) is 1.56. The number of hydrogen-bond donors (Lipinski definition) is 1. The minimum atomic E-state index is -0.522. The van der Waals surface area contributed by atoms with Gasteiger partial charge in [0.25, 0.3) is 0 Å². The lowest BCUT2D eigenvalue weighted by atomic mass is 10.1. The number of carbonyl (C=O) groups is 2. The fraction of sp³-hybridized carbons (Fsp3) is 0.500. The number of nitrogens with one attached hydrogen (secondary N) is 1. The molecule has 1 amide bonds. The van der Waals surface area contributed by atoms with Gasteiger partial charge in [-0.1, -0.05) is 0 Å². The molecule has 1 aromatic rings. The van der Waals surface area contributed by atoms with Gasteiger partial charge in [0.1, 0.15) is 5.60 Å². The van der Waals surface area contributed by atoms with Crippen LogP contribution in [0, 0.1) is 6.92 Å². The quantitative estimate of drug-likeness (QED) is 0.852. The molecule has 0 aliphatic rings. The number of hydrogen-bond acceptors (Lipinski definition) is 4. The van der Waals surface area contributed by atoms with Crippen LogP contribution in [0.4, 0.5) is 4.79 Å². The number of carbonyl (C=O) groups excluding carboxylic acids is 2. The summed E-state index contributed by atoms with van der Waals surface area (Å²) in [7, 11) is 0. The monoisotopic (exact) mass is 264 g/mol. The minimum absolute atomic E-state index is 0.0170. The van der Waals surface area contributed by atoms with E-state index in [1.54, 1.807) is 39.8 Å². The van der Waals surface area contributed by atoms with Gasteiger partial charge in [-0.15, -0.1) is 0 Å². The molecule has 1 aromatic heterocycles. The van der Waals surface area contributed by atoms with Crippen LogP contribution in [-0.4, -0.2) is 22.5 Å². The Labute approximate surface area is 113 Å². The average Bonchev–Trinajstić information content (AvgIpc) is 2.23. The van der Waals surface area contributed by atoms with Crippen LogP contribution in [0.3, 0.4) is 0 Å². The lowest BCUT2D eigenvalue weighted by Gasteiger charge is -2.19. The smallest absolute Gasteiger partial charge is 0.407 e. The first-order valence-corrected chi connectivity index (χ1v) is 6.13. The largest absolute Gasteiger partial charge is 0.444 e. The first-order chi connectivity index (χ1) is 8.69. The summed E-state index contributed by atoms with van der Waals surface area (Å²) in [6.07, 6.45) is -0.484. The SMILES string of the molecule is CC(=O)c1ccc(CNC(=O)OC(C)(C)C)nc1C. The van der Waals surface area contributed by atoms with E-state index in [1.807, 2.05) is 0 Å². The van der Waals surface area contributed by atoms with Crippen molar-refractivity contribution in [3.05, 3.63) is 29.1 Å². The Bertz CT molecular complexity index is 490. The van der Waals surface area contributed by atoms with Gasteiger partial charge in [0.15, 0.2) is 5.78 Å². The molecule has 0 saturated heterocycles. The summed E-state index contributed by atoms with van der Waals surface area (Å²) in [5.41, 5.74) is 1.43. The van der Waals surface area contributed by atoms with Crippen molar-refractivity contribution in [1.82, 2.24) is 10.3 Å². The molecule has 5 nitrogen and oxygen atoms in total. The van der Waals surface area contributed by atoms with E-state index in [4.69, 9.17) is 4.74 Å². The van der Waals surface area contributed by atoms with E-state index < -0.39 is 11.7 Å². The molecule has 19 heavy (non-hydrogen) atoms. The normalized spacial score (nSPS) is 11.0. The third kappa shape index (κ3) is 5.07. The predicted octanol–water partition coefficient (Wildman–Crippen LogP) is 2.62. The zero-order valence-corrected chi connectivity index (χ0v) is 12.0. The van der Waals surface area contributed by atoms with Gasteiger partial charge in [0.05, 0.1) is 12.2 Å². The number of pyridine rings is 1. The second-order valence-corrected chi connectivity index (χ2v) is 5.35. The van der Waals surface area contributed by atoms with Crippen molar-refractivity contribution >= 4 is 11.9 Å². The number of amides is 1. The van der Waals surface area contributed by atoms with Gasteiger partial charge >= 0.3 is 6.09 Å². The molecule has 0 aliphatic heterocycles. The van der Waals surface area contributed by atoms with Crippen LogP contribution in [0.25, 0.3) is 0 Å². The van der Waals surface area contributed by atoms with E-state index >= 15 is 0 Å². The number of ketones is 1. The topological polar surface area (TPSA) is 68.3 Å². The highest BCUT2D eigenvalue weighted by molar-refractivity contribution is 5.95. The van der Waals surface area contributed by atoms with Gasteiger partial charge in [0, 0.05) is 11.3 Å². The zero-order valence-electron chi connectivity index (χ0n) is 12.0. The van der Waals surface area contributed by atoms with Crippen molar-refractivity contribution in [3.63, 3.8) is 0 Å². The summed E-state index contributed by atoms with van der Waals surface area (Å²) in [5, 5.41) is 2.62. The predicted molar refractivity (Wildman–Crippen MR) is 72.1 cm³/mol. The molecule has 0 radical (unpaired) electrons. The lowest BCUT2D eigenvalue weighted by Crippen LogP contribution is -2.32. The summed E-state index contributed by atoms with van der Waals surface area (Å²) in [6.45, 7) is 8.95. The maximum absolute atomic E-state index is 11.5. The Hall–Kier alpha value is -1.91. The summed E-state index contributed by atoms with van der Waals surface area (Å²) in [4.78, 5) is 27.0. The Morgan fingerprint density at radius 3 is 2.42 bits per heavy atom. The molecule has 1 rings (SSSR count). The molecule has 0 aliphatic carbocycles. The molecule has 0 atom stereocenters. The van der Waals surface area contributed by atoms with Crippen LogP contribution in [0.2, 0.25) is 0 Å². The van der Waals surface area contributed by atoms with Gasteiger partial charge in [-0.2, -0.15) is 0 Å². The molecule has 5 heteroatoms. The third-order valence-corrected chi connectivity index (χ3v) is 2.34. The second-order valence-electron chi connectivity index (χ2n) is 5.35. The van der Waals surface area contributed by atoms with Crippen LogP contribution in [0.5, 0.6) is 0 Å². The zero-order chi connectivity index (χ0) is 14.6. The number of ether oxygens (including phenoxy) is 1. The van der Waals surface area contributed by atoms with Gasteiger partial charge in [-0.3, -0.25) is 9.78 Å². The first-order valence-electron chi connectivity index (χ1n) is 6.13. The first kappa shape index (κ1) is 15.1. The molecule has 0 unspecified atom stereocenters. The lowest BCUT2D eigenvalue weighted by molar-refractivity contribution is 0.0522. The van der Waals surface area contributed by atoms with Crippen LogP contribution in [0.15, 0.2) is 12.1 Å². The number of Topliss-reactive ketones (excluding diaryl/α,β-unsaturated/α-hetero) is 1. The van der Waals surface area contributed by atoms with Crippen molar-refractivity contribution in [3.8, 4) is 0 Å². The number of alkyl carbamates (subject to hydrolysis) is 1. The summed E-state index contributed by atoms with van der Waals surface area (Å²) in [6, 6.07) is 3.44. The molecule has 0 saturated carbocycles. The molecular formula is C14H20N2O3. The Morgan fingerprint density at radius 2 is 1.95 bits per heavy atom. The summed E-state index contributed by atoms with van der Waals surface area (Å²) >= 11 is 0. The molecule has 0 aromatic carbocycles. The third-order valence-electron chi connectivity index (χ3n) is 2.34. The standard InChI is InChI=1S/C14H20N2O3/c1-9-12(10(2)17)7-6-11(16-9)8-15-13(18)19-14(3,4)5/h6-7H,8H2,1-5H3,(H,15,18). The van der Waals surface area contributed by atoms with Crippen molar-refractivity contribution in [2.75, 3.05) is 0 Å². The second kappa shape index (κ2) is 5.82. The number of nitrogens with zero attached hydrogens (tertiary/aromatic N) is 1. The van der Waals surface area contributed by atoms with Crippen molar-refractivity contribution in [1.29, 1.82) is 0 Å². The van der Waals surface area contributed by atoms with E-state index in [0.717, 1.165) is 0 Å². The van der Waals surface area contributed by atoms with Crippen LogP contribution in [-0.2, 0) is 11.3 Å². The van der Waals surface area contributed by atoms with E-state index in [1.165, 1.54) is 6.92 Å². The highest BCUT2D eigenvalue weighted by atomic mass is 16.6. The Balaban J connectivity index is 2.62. The Morgan fingerprint density at radius 1 is 1.32 bits per heavy atom. The molecule has 1 N–H and O–H groups in total. The van der Waals surface area contributed by atoms with Crippen molar-refractivity contribution < 1.29 is 14.3 Å². The molecule has 0 fully saturated rings. The summed E-state index contributed by atoms with van der Waals surface area (Å²) < 4.78 is 5.12. The van der Waals surface area contributed by atoms with Gasteiger partial charge < -0.3 is 10.1 Å². The van der Waals surface area contributed by atoms with Crippen molar-refractivity contribution in [2.45, 2.75) is 46.8 Å². The molecule has 0 bridgehead atoms. The number of aromatic nitrogens is 1. The fourth-order valence-corrected chi connectivity index (χ4v) is 1.56.